The summed E-state index contributed by atoms with van der Waals surface area (Å²) in [7, 11) is 0. The van der Waals surface area contributed by atoms with Gasteiger partial charge in [0.05, 0.1) is 0 Å². The Labute approximate surface area is 115 Å². The lowest BCUT2D eigenvalue weighted by Crippen LogP contribution is -2.34. The monoisotopic (exact) mass is 257 g/mol. The molecule has 0 saturated heterocycles. The molecule has 0 amide bonds. The quantitative estimate of drug-likeness (QED) is 0.835. The van der Waals surface area contributed by atoms with Crippen LogP contribution < -0.4 is 5.73 Å². The second kappa shape index (κ2) is 6.53. The van der Waals surface area contributed by atoms with Gasteiger partial charge < -0.3 is 10.7 Å². The molecule has 3 atom stereocenters. The molecule has 3 nitrogen and oxygen atoms in total. The molecule has 2 aromatic rings. The summed E-state index contributed by atoms with van der Waals surface area (Å²) < 4.78 is 0. The average molecular weight is 257 g/mol. The predicted octanol–water partition coefficient (Wildman–Crippen LogP) is 3.11. The summed E-state index contributed by atoms with van der Waals surface area (Å²) in [6, 6.07) is 10.7. The number of hydrogen-bond donors (Lipinski definition) is 2. The number of imidazole rings is 1. The van der Waals surface area contributed by atoms with E-state index < -0.39 is 0 Å². The Hall–Kier alpha value is -1.61. The molecule has 19 heavy (non-hydrogen) atoms. The summed E-state index contributed by atoms with van der Waals surface area (Å²) in [6.07, 6.45) is 5.55. The number of nitrogens with one attached hydrogen (secondary N) is 1. The fourth-order valence-corrected chi connectivity index (χ4v) is 2.69. The molecule has 0 radical (unpaired) electrons. The van der Waals surface area contributed by atoms with Crippen molar-refractivity contribution in [1.82, 2.24) is 9.97 Å². The van der Waals surface area contributed by atoms with Gasteiger partial charge in [-0.3, -0.25) is 0 Å². The maximum absolute atomic E-state index is 6.46. The van der Waals surface area contributed by atoms with Crippen molar-refractivity contribution in [2.75, 3.05) is 0 Å². The first kappa shape index (κ1) is 13.8. The molecular weight excluding hydrogens is 234 g/mol. The zero-order chi connectivity index (χ0) is 13.7. The molecule has 0 saturated carbocycles. The molecule has 102 valence electrons. The van der Waals surface area contributed by atoms with Crippen molar-refractivity contribution in [1.29, 1.82) is 0 Å². The molecule has 0 aliphatic rings. The molecule has 3 N–H and O–H groups in total. The van der Waals surface area contributed by atoms with Crippen molar-refractivity contribution in [2.45, 2.75) is 38.6 Å². The highest BCUT2D eigenvalue weighted by Gasteiger charge is 2.25. The van der Waals surface area contributed by atoms with Crippen molar-refractivity contribution in [3.63, 3.8) is 0 Å². The third-order valence-corrected chi connectivity index (χ3v) is 3.89. The molecule has 0 bridgehead atoms. The normalized spacial score (nSPS) is 15.9. The van der Waals surface area contributed by atoms with Gasteiger partial charge in [0.15, 0.2) is 0 Å². The first-order chi connectivity index (χ1) is 9.22. The number of nitrogens with zero attached hydrogens (tertiary/aromatic N) is 1. The van der Waals surface area contributed by atoms with E-state index in [1.807, 2.05) is 6.20 Å². The van der Waals surface area contributed by atoms with Crippen LogP contribution in [0.4, 0.5) is 0 Å². The van der Waals surface area contributed by atoms with E-state index >= 15 is 0 Å². The van der Waals surface area contributed by atoms with Crippen LogP contribution in [0.15, 0.2) is 42.7 Å². The molecule has 0 aliphatic carbocycles. The van der Waals surface area contributed by atoms with Crippen molar-refractivity contribution in [3.8, 4) is 0 Å². The first-order valence-electron chi connectivity index (χ1n) is 7.01. The predicted molar refractivity (Wildman–Crippen MR) is 78.9 cm³/mol. The van der Waals surface area contributed by atoms with Gasteiger partial charge >= 0.3 is 0 Å². The summed E-state index contributed by atoms with van der Waals surface area (Å²) >= 11 is 0. The van der Waals surface area contributed by atoms with Crippen molar-refractivity contribution < 1.29 is 0 Å². The second-order valence-electron chi connectivity index (χ2n) is 5.23. The van der Waals surface area contributed by atoms with E-state index in [4.69, 9.17) is 5.73 Å². The van der Waals surface area contributed by atoms with Crippen LogP contribution in [0.3, 0.4) is 0 Å². The highest BCUT2D eigenvalue weighted by molar-refractivity contribution is 5.22. The lowest BCUT2D eigenvalue weighted by molar-refractivity contribution is 0.377. The SMILES string of the molecule is CCC(C)C(c1ccccc1)C(N)Cc1ncc[nH]1. The lowest BCUT2D eigenvalue weighted by atomic mass is 9.79. The molecule has 2 rings (SSSR count). The van der Waals surface area contributed by atoms with Crippen LogP contribution in [0.1, 0.15) is 37.6 Å². The third-order valence-electron chi connectivity index (χ3n) is 3.89. The van der Waals surface area contributed by atoms with Gasteiger partial charge in [-0.2, -0.15) is 0 Å². The van der Waals surface area contributed by atoms with E-state index in [2.05, 4.69) is 54.1 Å². The molecule has 0 aliphatic heterocycles. The molecule has 3 unspecified atom stereocenters. The minimum Gasteiger partial charge on any atom is -0.349 e. The Kier molecular flexibility index (Phi) is 4.74. The molecule has 1 heterocycles. The maximum atomic E-state index is 6.46. The van der Waals surface area contributed by atoms with Gasteiger partial charge in [0.1, 0.15) is 5.82 Å². The number of aromatic nitrogens is 2. The molecular formula is C16H23N3. The first-order valence-corrected chi connectivity index (χ1v) is 7.01. The van der Waals surface area contributed by atoms with Gasteiger partial charge in [-0.15, -0.1) is 0 Å². The Morgan fingerprint density at radius 1 is 1.26 bits per heavy atom. The average Bonchev–Trinajstić information content (AvgIpc) is 2.93. The fraction of sp³-hybridized carbons (Fsp3) is 0.438. The highest BCUT2D eigenvalue weighted by Crippen LogP contribution is 2.30. The number of hydrogen-bond acceptors (Lipinski definition) is 2. The van der Waals surface area contributed by atoms with Crippen molar-refractivity contribution in [2.24, 2.45) is 11.7 Å². The molecule has 0 fully saturated rings. The van der Waals surface area contributed by atoms with Crippen molar-refractivity contribution >= 4 is 0 Å². The molecule has 1 aromatic heterocycles. The summed E-state index contributed by atoms with van der Waals surface area (Å²) in [5.41, 5.74) is 7.79. The highest BCUT2D eigenvalue weighted by atomic mass is 14.9. The van der Waals surface area contributed by atoms with Crippen LogP contribution >= 0.6 is 0 Å². The van der Waals surface area contributed by atoms with Crippen molar-refractivity contribution in [3.05, 3.63) is 54.1 Å². The van der Waals surface area contributed by atoms with Crippen LogP contribution in [-0.4, -0.2) is 16.0 Å². The van der Waals surface area contributed by atoms with Crippen LogP contribution in [0.25, 0.3) is 0 Å². The smallest absolute Gasteiger partial charge is 0.107 e. The van der Waals surface area contributed by atoms with Gasteiger partial charge in [0.2, 0.25) is 0 Å². The van der Waals surface area contributed by atoms with E-state index in [0.29, 0.717) is 11.8 Å². The number of aromatic amines is 1. The molecule has 0 spiro atoms. The summed E-state index contributed by atoms with van der Waals surface area (Å²) in [5.74, 6) is 1.90. The zero-order valence-corrected chi connectivity index (χ0v) is 11.7. The topological polar surface area (TPSA) is 54.7 Å². The van der Waals surface area contributed by atoms with Gasteiger partial charge in [-0.25, -0.2) is 4.98 Å². The van der Waals surface area contributed by atoms with Gasteiger partial charge in [-0.05, 0) is 11.5 Å². The van der Waals surface area contributed by atoms with Gasteiger partial charge in [-0.1, -0.05) is 50.6 Å². The minimum atomic E-state index is 0.0866. The van der Waals surface area contributed by atoms with Crippen LogP contribution in [0.2, 0.25) is 0 Å². The van der Waals surface area contributed by atoms with Crippen LogP contribution in [-0.2, 0) is 6.42 Å². The van der Waals surface area contributed by atoms with Gasteiger partial charge in [0, 0.05) is 30.8 Å². The Bertz CT molecular complexity index is 464. The van der Waals surface area contributed by atoms with E-state index in [1.54, 1.807) is 6.20 Å². The summed E-state index contributed by atoms with van der Waals surface area (Å²) in [5, 5.41) is 0. The molecule has 3 heteroatoms. The number of rotatable bonds is 6. The Balaban J connectivity index is 2.18. The summed E-state index contributed by atoms with van der Waals surface area (Å²) in [6.45, 7) is 4.50. The number of H-pyrrole nitrogens is 1. The third kappa shape index (κ3) is 3.44. The number of benzene rings is 1. The van der Waals surface area contributed by atoms with E-state index in [-0.39, 0.29) is 6.04 Å². The second-order valence-corrected chi connectivity index (χ2v) is 5.23. The zero-order valence-electron chi connectivity index (χ0n) is 11.7. The van der Waals surface area contributed by atoms with Gasteiger partial charge in [0.25, 0.3) is 0 Å². The van der Waals surface area contributed by atoms with Crippen LogP contribution in [0.5, 0.6) is 0 Å². The fourth-order valence-electron chi connectivity index (χ4n) is 2.69. The summed E-state index contributed by atoms with van der Waals surface area (Å²) in [4.78, 5) is 7.42. The number of nitrogens with two attached hydrogens (primary N) is 1. The standard InChI is InChI=1S/C16H23N3/c1-3-12(2)16(13-7-5-4-6-8-13)14(17)11-15-18-9-10-19-15/h4-10,12,14,16H,3,11,17H2,1-2H3,(H,18,19). The van der Waals surface area contributed by atoms with Crippen LogP contribution in [0, 0.1) is 5.92 Å². The lowest BCUT2D eigenvalue weighted by Gasteiger charge is -2.29. The van der Waals surface area contributed by atoms with E-state index in [1.165, 1.54) is 5.56 Å². The molecule has 1 aromatic carbocycles. The largest absolute Gasteiger partial charge is 0.349 e. The Morgan fingerprint density at radius 3 is 2.58 bits per heavy atom. The Morgan fingerprint density at radius 2 is 2.00 bits per heavy atom. The minimum absolute atomic E-state index is 0.0866. The maximum Gasteiger partial charge on any atom is 0.107 e. The van der Waals surface area contributed by atoms with E-state index in [0.717, 1.165) is 18.7 Å². The van der Waals surface area contributed by atoms with E-state index in [9.17, 15) is 0 Å².